The van der Waals surface area contributed by atoms with Crippen LogP contribution in [0.5, 0.6) is 5.75 Å². The van der Waals surface area contributed by atoms with E-state index in [1.54, 1.807) is 37.1 Å². The summed E-state index contributed by atoms with van der Waals surface area (Å²) < 4.78 is 12.2. The number of hydrogen-bond donors (Lipinski definition) is 1. The van der Waals surface area contributed by atoms with Gasteiger partial charge in [0.1, 0.15) is 23.2 Å². The van der Waals surface area contributed by atoms with Crippen LogP contribution in [0.2, 0.25) is 0 Å². The second kappa shape index (κ2) is 7.08. The second-order valence-corrected chi connectivity index (χ2v) is 6.86. The van der Waals surface area contributed by atoms with E-state index in [4.69, 9.17) is 9.15 Å². The Morgan fingerprint density at radius 1 is 1.31 bits per heavy atom. The van der Waals surface area contributed by atoms with E-state index in [1.165, 1.54) is 18.0 Å². The number of amides is 2. The number of anilines is 2. The fraction of sp³-hybridized carbons (Fsp3) is 0.300. The number of fused-ring (bicyclic) bond motifs is 1. The summed E-state index contributed by atoms with van der Waals surface area (Å²) in [4.78, 5) is 43.3. The number of ether oxygens (including phenoxy) is 1. The number of furan rings is 1. The van der Waals surface area contributed by atoms with Crippen molar-refractivity contribution in [2.75, 3.05) is 23.9 Å². The first-order chi connectivity index (χ1) is 13.9. The molecule has 0 atom stereocenters. The summed E-state index contributed by atoms with van der Waals surface area (Å²) in [5.74, 6) is 0.367. The van der Waals surface area contributed by atoms with Crippen molar-refractivity contribution in [3.05, 3.63) is 46.2 Å². The van der Waals surface area contributed by atoms with E-state index in [0.717, 1.165) is 6.42 Å². The first-order valence-corrected chi connectivity index (χ1v) is 9.15. The molecule has 3 heterocycles. The first-order valence-electron chi connectivity index (χ1n) is 9.15. The van der Waals surface area contributed by atoms with E-state index < -0.39 is 5.91 Å². The van der Waals surface area contributed by atoms with E-state index in [0.29, 0.717) is 35.9 Å². The molecule has 0 bridgehead atoms. The van der Waals surface area contributed by atoms with Gasteiger partial charge in [-0.1, -0.05) is 0 Å². The summed E-state index contributed by atoms with van der Waals surface area (Å²) in [5.41, 5.74) is 0.964. The minimum Gasteiger partial charge on any atom is -0.495 e. The molecule has 0 spiro atoms. The number of aryl methyl sites for hydroxylation is 2. The maximum absolute atomic E-state index is 13.0. The number of benzene rings is 1. The number of nitrogens with zero attached hydrogens (tertiary/aromatic N) is 3. The van der Waals surface area contributed by atoms with Crippen LogP contribution in [0.3, 0.4) is 0 Å². The molecule has 4 rings (SSSR count). The quantitative estimate of drug-likeness (QED) is 0.725. The lowest BCUT2D eigenvalue weighted by Gasteiger charge is -2.20. The molecule has 1 N–H and O–H groups in total. The summed E-state index contributed by atoms with van der Waals surface area (Å²) in [7, 11) is 3.09. The lowest BCUT2D eigenvalue weighted by molar-refractivity contribution is -0.117. The van der Waals surface area contributed by atoms with Gasteiger partial charge in [-0.05, 0) is 31.5 Å². The number of carbonyl (C=O) groups is 2. The van der Waals surface area contributed by atoms with Gasteiger partial charge in [-0.25, -0.2) is 4.98 Å². The Hall–Kier alpha value is -3.62. The van der Waals surface area contributed by atoms with E-state index in [2.05, 4.69) is 10.3 Å². The van der Waals surface area contributed by atoms with Crippen molar-refractivity contribution in [2.24, 2.45) is 7.05 Å². The largest absolute Gasteiger partial charge is 0.495 e. The van der Waals surface area contributed by atoms with E-state index in [1.807, 2.05) is 0 Å². The van der Waals surface area contributed by atoms with Gasteiger partial charge in [-0.15, -0.1) is 0 Å². The van der Waals surface area contributed by atoms with E-state index >= 15 is 0 Å². The number of aromatic nitrogens is 2. The average Bonchev–Trinajstić information content (AvgIpc) is 3.27. The molecule has 2 aromatic heterocycles. The van der Waals surface area contributed by atoms with Gasteiger partial charge in [0.2, 0.25) is 11.6 Å². The number of nitrogens with one attached hydrogen (secondary N) is 1. The Labute approximate surface area is 165 Å². The highest BCUT2D eigenvalue weighted by atomic mass is 16.5. The fourth-order valence-electron chi connectivity index (χ4n) is 3.54. The lowest BCUT2D eigenvalue weighted by atomic mass is 10.1. The summed E-state index contributed by atoms with van der Waals surface area (Å²) in [6.45, 7) is 2.21. The van der Waals surface area contributed by atoms with Gasteiger partial charge in [-0.2, -0.15) is 0 Å². The predicted molar refractivity (Wildman–Crippen MR) is 107 cm³/mol. The highest BCUT2D eigenvalue weighted by Gasteiger charge is 2.26. The molecule has 2 amide bonds. The molecule has 1 aromatic carbocycles. The van der Waals surface area contributed by atoms with Crippen molar-refractivity contribution in [2.45, 2.75) is 19.8 Å². The summed E-state index contributed by atoms with van der Waals surface area (Å²) >= 11 is 0. The van der Waals surface area contributed by atoms with Crippen molar-refractivity contribution in [1.29, 1.82) is 0 Å². The molecular formula is C20H20N4O5. The van der Waals surface area contributed by atoms with Crippen LogP contribution < -0.4 is 20.5 Å². The molecule has 0 aliphatic carbocycles. The predicted octanol–water partition coefficient (Wildman–Crippen LogP) is 2.22. The van der Waals surface area contributed by atoms with Crippen LogP contribution in [0.15, 0.2) is 33.7 Å². The van der Waals surface area contributed by atoms with Crippen LogP contribution in [0.4, 0.5) is 11.4 Å². The first kappa shape index (κ1) is 18.7. The maximum atomic E-state index is 13.0. The molecule has 0 unspecified atom stereocenters. The lowest BCUT2D eigenvalue weighted by Crippen LogP contribution is -2.24. The standard InChI is InChI=1S/C20H20N4O5/c1-11-16(17-19(29-11)21-10-23(2)20(17)27)18(26)22-12-6-7-14(28-3)13(9-12)24-8-4-5-15(24)25/h6-7,9-10H,4-5,8H2,1-3H3,(H,22,26). The van der Waals surface area contributed by atoms with Gasteiger partial charge in [0.25, 0.3) is 11.5 Å². The molecule has 1 fully saturated rings. The number of hydrogen-bond acceptors (Lipinski definition) is 6. The van der Waals surface area contributed by atoms with E-state index in [9.17, 15) is 14.4 Å². The Morgan fingerprint density at radius 3 is 2.79 bits per heavy atom. The normalized spacial score (nSPS) is 13.9. The third kappa shape index (κ3) is 3.14. The number of carbonyl (C=O) groups excluding carboxylic acids is 2. The molecule has 9 nitrogen and oxygen atoms in total. The summed E-state index contributed by atoms with van der Waals surface area (Å²) in [5, 5.41) is 2.92. The Balaban J connectivity index is 1.72. The summed E-state index contributed by atoms with van der Waals surface area (Å²) in [6.07, 6.45) is 2.60. The Bertz CT molecular complexity index is 1190. The molecular weight excluding hydrogens is 376 g/mol. The van der Waals surface area contributed by atoms with Gasteiger partial charge >= 0.3 is 0 Å². The average molecular weight is 396 g/mol. The van der Waals surface area contributed by atoms with Crippen LogP contribution in [-0.4, -0.2) is 35.0 Å². The molecule has 1 saturated heterocycles. The molecule has 3 aromatic rings. The van der Waals surface area contributed by atoms with Gasteiger partial charge < -0.3 is 23.9 Å². The highest BCUT2D eigenvalue weighted by Crippen LogP contribution is 2.34. The van der Waals surface area contributed by atoms with E-state index in [-0.39, 0.29) is 28.1 Å². The van der Waals surface area contributed by atoms with Gasteiger partial charge in [0.05, 0.1) is 18.4 Å². The summed E-state index contributed by atoms with van der Waals surface area (Å²) in [6, 6.07) is 5.06. The monoisotopic (exact) mass is 396 g/mol. The molecule has 0 radical (unpaired) electrons. The van der Waals surface area contributed by atoms with Gasteiger partial charge in [0, 0.05) is 25.7 Å². The Morgan fingerprint density at radius 2 is 2.10 bits per heavy atom. The third-order valence-corrected chi connectivity index (χ3v) is 4.98. The van der Waals surface area contributed by atoms with Crippen LogP contribution >= 0.6 is 0 Å². The Kier molecular flexibility index (Phi) is 4.57. The zero-order valence-electron chi connectivity index (χ0n) is 16.3. The maximum Gasteiger partial charge on any atom is 0.265 e. The zero-order chi connectivity index (χ0) is 20.7. The van der Waals surface area contributed by atoms with Crippen LogP contribution in [-0.2, 0) is 11.8 Å². The SMILES string of the molecule is COc1ccc(NC(=O)c2c(C)oc3ncn(C)c(=O)c23)cc1N1CCCC1=O. The second-order valence-electron chi connectivity index (χ2n) is 6.86. The van der Waals surface area contributed by atoms with Crippen molar-refractivity contribution >= 4 is 34.3 Å². The molecule has 1 aliphatic rings. The molecule has 1 aliphatic heterocycles. The number of rotatable bonds is 4. The minimum atomic E-state index is -0.491. The van der Waals surface area contributed by atoms with Gasteiger partial charge in [-0.3, -0.25) is 14.4 Å². The van der Waals surface area contributed by atoms with Gasteiger partial charge in [0.15, 0.2) is 0 Å². The molecule has 9 heteroatoms. The van der Waals surface area contributed by atoms with Crippen LogP contribution in [0, 0.1) is 6.92 Å². The molecule has 0 saturated carbocycles. The highest BCUT2D eigenvalue weighted by molar-refractivity contribution is 6.13. The smallest absolute Gasteiger partial charge is 0.265 e. The van der Waals surface area contributed by atoms with Crippen molar-refractivity contribution in [3.63, 3.8) is 0 Å². The molecule has 150 valence electrons. The van der Waals surface area contributed by atoms with Crippen molar-refractivity contribution < 1.29 is 18.7 Å². The third-order valence-electron chi connectivity index (χ3n) is 4.98. The van der Waals surface area contributed by atoms with Crippen molar-refractivity contribution in [3.8, 4) is 5.75 Å². The topological polar surface area (TPSA) is 107 Å². The molecule has 29 heavy (non-hydrogen) atoms. The fourth-order valence-corrected chi connectivity index (χ4v) is 3.54. The van der Waals surface area contributed by atoms with Crippen LogP contribution in [0.1, 0.15) is 29.0 Å². The van der Waals surface area contributed by atoms with Crippen molar-refractivity contribution in [1.82, 2.24) is 9.55 Å². The zero-order valence-corrected chi connectivity index (χ0v) is 16.3. The minimum absolute atomic E-state index is 0.0121. The number of methoxy groups -OCH3 is 1. The van der Waals surface area contributed by atoms with Crippen LogP contribution in [0.25, 0.3) is 11.1 Å².